The molecule has 1 rings (SSSR count). The smallest absolute Gasteiger partial charge is 0.303 e. The monoisotopic (exact) mass is 259 g/mol. The predicted molar refractivity (Wildman–Crippen MR) is 57.0 cm³/mol. The molecule has 101 valence electrons. The molecule has 1 fully saturated rings. The molecule has 1 aliphatic rings. The van der Waals surface area contributed by atoms with Crippen molar-refractivity contribution < 1.29 is 33.7 Å². The summed E-state index contributed by atoms with van der Waals surface area (Å²) in [5.74, 6) is -1.73. The molecule has 7 heteroatoms. The normalized spacial score (nSPS) is 31.6. The highest BCUT2D eigenvalue weighted by molar-refractivity contribution is 5.82. The van der Waals surface area contributed by atoms with Gasteiger partial charge in [0.1, 0.15) is 12.7 Å². The van der Waals surface area contributed by atoms with Crippen LogP contribution in [-0.2, 0) is 28.6 Å². The van der Waals surface area contributed by atoms with Gasteiger partial charge in [-0.25, -0.2) is 0 Å². The number of esters is 2. The Bertz CT molecular complexity index is 351. The molecule has 18 heavy (non-hydrogen) atoms. The van der Waals surface area contributed by atoms with E-state index < -0.39 is 42.1 Å². The molecule has 1 saturated heterocycles. The van der Waals surface area contributed by atoms with Crippen LogP contribution in [-0.4, -0.2) is 47.2 Å². The topological polar surface area (TPSA) is 99.1 Å². The largest absolute Gasteiger partial charge is 0.456 e. The molecular weight excluding hydrogens is 244 g/mol. The van der Waals surface area contributed by atoms with E-state index in [2.05, 4.69) is 0 Å². The molecule has 0 aromatic carbocycles. The standard InChI is InChI=1S/C11H15O7/c1-5(12)9-11(18-7(3)14)10(17-6(2)13)8(15)4-16-9/h4,8-11,15H,1-3H3/t8-,9?,10+,11+/m0/s1. The number of ether oxygens (including phenoxy) is 3. The van der Waals surface area contributed by atoms with E-state index in [1.807, 2.05) is 0 Å². The predicted octanol–water partition coefficient (Wildman–Crippen LogP) is -0.640. The first kappa shape index (κ1) is 14.6. The van der Waals surface area contributed by atoms with Crippen LogP contribution < -0.4 is 0 Å². The van der Waals surface area contributed by atoms with E-state index in [4.69, 9.17) is 14.2 Å². The van der Waals surface area contributed by atoms with Crippen molar-refractivity contribution in [1.29, 1.82) is 0 Å². The maximum absolute atomic E-state index is 11.4. The lowest BCUT2D eigenvalue weighted by atomic mass is 9.97. The lowest BCUT2D eigenvalue weighted by molar-refractivity contribution is -0.204. The molecule has 0 aromatic rings. The third kappa shape index (κ3) is 3.51. The van der Waals surface area contributed by atoms with Crippen LogP contribution in [0.25, 0.3) is 0 Å². The lowest BCUT2D eigenvalue weighted by Gasteiger charge is -2.37. The Balaban J connectivity index is 2.94. The molecule has 0 bridgehead atoms. The van der Waals surface area contributed by atoms with Crippen molar-refractivity contribution in [2.45, 2.75) is 45.2 Å². The number of carbonyl (C=O) groups is 3. The molecule has 7 nitrogen and oxygen atoms in total. The quantitative estimate of drug-likeness (QED) is 0.673. The first-order valence-electron chi connectivity index (χ1n) is 5.34. The molecule has 1 unspecified atom stereocenters. The first-order chi connectivity index (χ1) is 8.32. The Hall–Kier alpha value is -1.47. The second-order valence-corrected chi connectivity index (χ2v) is 3.94. The average Bonchev–Trinajstić information content (AvgIpc) is 2.21. The summed E-state index contributed by atoms with van der Waals surface area (Å²) in [5.41, 5.74) is 0. The van der Waals surface area contributed by atoms with Gasteiger partial charge in [-0.3, -0.25) is 14.4 Å². The van der Waals surface area contributed by atoms with Crippen LogP contribution in [0, 0.1) is 6.61 Å². The number of hydrogen-bond donors (Lipinski definition) is 1. The molecule has 0 saturated carbocycles. The van der Waals surface area contributed by atoms with Gasteiger partial charge in [0.2, 0.25) is 0 Å². The summed E-state index contributed by atoms with van der Waals surface area (Å²) in [5, 5.41) is 9.64. The highest BCUT2D eigenvalue weighted by Gasteiger charge is 2.46. The Kier molecular flexibility index (Phi) is 4.80. The molecular formula is C11H15O7. The number of ketones is 1. The molecule has 4 atom stereocenters. The van der Waals surface area contributed by atoms with E-state index in [-0.39, 0.29) is 0 Å². The van der Waals surface area contributed by atoms with E-state index in [9.17, 15) is 19.5 Å². The van der Waals surface area contributed by atoms with Gasteiger partial charge in [0.15, 0.2) is 24.1 Å². The number of hydrogen-bond acceptors (Lipinski definition) is 7. The maximum atomic E-state index is 11.4. The van der Waals surface area contributed by atoms with Crippen LogP contribution in [0.5, 0.6) is 0 Å². The van der Waals surface area contributed by atoms with Crippen LogP contribution in [0.4, 0.5) is 0 Å². The van der Waals surface area contributed by atoms with Gasteiger partial charge in [-0.1, -0.05) is 0 Å². The van der Waals surface area contributed by atoms with Gasteiger partial charge >= 0.3 is 11.9 Å². The van der Waals surface area contributed by atoms with E-state index in [0.29, 0.717) is 0 Å². The summed E-state index contributed by atoms with van der Waals surface area (Å²) in [6.07, 6.45) is -4.69. The zero-order valence-corrected chi connectivity index (χ0v) is 10.3. The summed E-state index contributed by atoms with van der Waals surface area (Å²) < 4.78 is 14.8. The second-order valence-electron chi connectivity index (χ2n) is 3.94. The van der Waals surface area contributed by atoms with Gasteiger partial charge < -0.3 is 19.3 Å². The van der Waals surface area contributed by atoms with Crippen molar-refractivity contribution in [3.63, 3.8) is 0 Å². The zero-order valence-electron chi connectivity index (χ0n) is 10.3. The molecule has 1 aliphatic heterocycles. The number of aliphatic hydroxyl groups excluding tert-OH is 1. The highest BCUT2D eigenvalue weighted by Crippen LogP contribution is 2.24. The highest BCUT2D eigenvalue weighted by atomic mass is 16.6. The van der Waals surface area contributed by atoms with Crippen LogP contribution in [0.1, 0.15) is 20.8 Å². The summed E-state index contributed by atoms with van der Waals surface area (Å²) in [6.45, 7) is 4.53. The third-order valence-corrected chi connectivity index (χ3v) is 2.33. The number of aliphatic hydroxyl groups is 1. The van der Waals surface area contributed by atoms with Crippen LogP contribution in [0.2, 0.25) is 0 Å². The summed E-state index contributed by atoms with van der Waals surface area (Å²) in [6, 6.07) is 0. The fraction of sp³-hybridized carbons (Fsp3) is 0.636. The van der Waals surface area contributed by atoms with Crippen molar-refractivity contribution in [2.75, 3.05) is 0 Å². The first-order valence-corrected chi connectivity index (χ1v) is 5.34. The minimum Gasteiger partial charge on any atom is -0.456 e. The lowest BCUT2D eigenvalue weighted by Crippen LogP contribution is -2.56. The molecule has 1 heterocycles. The van der Waals surface area contributed by atoms with Gasteiger partial charge in [-0.05, 0) is 6.92 Å². The van der Waals surface area contributed by atoms with E-state index in [1.54, 1.807) is 0 Å². The van der Waals surface area contributed by atoms with Gasteiger partial charge in [-0.2, -0.15) is 0 Å². The van der Waals surface area contributed by atoms with Crippen molar-refractivity contribution in [3.8, 4) is 0 Å². The van der Waals surface area contributed by atoms with E-state index in [1.165, 1.54) is 6.92 Å². The Labute approximate surface area is 104 Å². The second kappa shape index (κ2) is 5.92. The summed E-state index contributed by atoms with van der Waals surface area (Å²) in [7, 11) is 0. The van der Waals surface area contributed by atoms with Gasteiger partial charge in [0, 0.05) is 13.8 Å². The molecule has 1 radical (unpaired) electrons. The molecule has 1 N–H and O–H groups in total. The van der Waals surface area contributed by atoms with Crippen LogP contribution >= 0.6 is 0 Å². The Morgan fingerprint density at radius 2 is 1.56 bits per heavy atom. The average molecular weight is 259 g/mol. The van der Waals surface area contributed by atoms with Gasteiger partial charge in [0.05, 0.1) is 0 Å². The van der Waals surface area contributed by atoms with E-state index >= 15 is 0 Å². The van der Waals surface area contributed by atoms with Gasteiger partial charge in [0.25, 0.3) is 0 Å². The van der Waals surface area contributed by atoms with Crippen molar-refractivity contribution in [3.05, 3.63) is 6.61 Å². The van der Waals surface area contributed by atoms with Crippen molar-refractivity contribution in [1.82, 2.24) is 0 Å². The van der Waals surface area contributed by atoms with Crippen molar-refractivity contribution >= 4 is 17.7 Å². The molecule has 0 amide bonds. The minimum absolute atomic E-state index is 0.401. The molecule has 0 spiro atoms. The minimum atomic E-state index is -1.27. The number of rotatable bonds is 3. The Morgan fingerprint density at radius 3 is 2.00 bits per heavy atom. The van der Waals surface area contributed by atoms with Crippen molar-refractivity contribution in [2.24, 2.45) is 0 Å². The molecule has 0 aliphatic carbocycles. The summed E-state index contributed by atoms with van der Waals surface area (Å²) in [4.78, 5) is 33.3. The Morgan fingerprint density at radius 1 is 1.06 bits per heavy atom. The van der Waals surface area contributed by atoms with Gasteiger partial charge in [-0.15, -0.1) is 0 Å². The fourth-order valence-corrected chi connectivity index (χ4v) is 1.66. The summed E-state index contributed by atoms with van der Waals surface area (Å²) >= 11 is 0. The third-order valence-electron chi connectivity index (χ3n) is 2.33. The zero-order chi connectivity index (χ0) is 13.9. The van der Waals surface area contributed by atoms with Crippen LogP contribution in [0.15, 0.2) is 0 Å². The SMILES string of the molecule is CC(=O)O[C@H]1[C@H](OC(C)=O)C(C(C)=O)O[CH][C@@H]1O. The fourth-order valence-electron chi connectivity index (χ4n) is 1.66. The van der Waals surface area contributed by atoms with Crippen LogP contribution in [0.3, 0.4) is 0 Å². The number of Topliss-reactive ketones (excluding diaryl/α,β-unsaturated/α-hetero) is 1. The van der Waals surface area contributed by atoms with E-state index in [0.717, 1.165) is 20.5 Å². The maximum Gasteiger partial charge on any atom is 0.303 e. The number of carbonyl (C=O) groups excluding carboxylic acids is 3. The molecule has 0 aromatic heterocycles.